The standard InChI is InChI=1S/C10H12N2O4/c1-2-4-7(10(13)14)9-8(12(15)16)5-3-6-11-9/h3,5-7H,2,4H2,1H3,(H,13,14). The highest BCUT2D eigenvalue weighted by Gasteiger charge is 2.28. The first kappa shape index (κ1) is 12.1. The molecule has 1 atom stereocenters. The molecule has 1 rings (SSSR count). The highest BCUT2D eigenvalue weighted by molar-refractivity contribution is 5.76. The first-order valence-corrected chi connectivity index (χ1v) is 4.90. The van der Waals surface area contributed by atoms with E-state index in [0.717, 1.165) is 0 Å². The third-order valence-corrected chi connectivity index (χ3v) is 2.22. The van der Waals surface area contributed by atoms with Crippen LogP contribution in [0.2, 0.25) is 0 Å². The highest BCUT2D eigenvalue weighted by Crippen LogP contribution is 2.27. The molecule has 0 saturated carbocycles. The molecule has 1 heterocycles. The van der Waals surface area contributed by atoms with Crippen LogP contribution >= 0.6 is 0 Å². The van der Waals surface area contributed by atoms with E-state index in [-0.39, 0.29) is 11.4 Å². The first-order valence-electron chi connectivity index (χ1n) is 4.90. The van der Waals surface area contributed by atoms with Gasteiger partial charge in [0.05, 0.1) is 4.92 Å². The summed E-state index contributed by atoms with van der Waals surface area (Å²) in [7, 11) is 0. The van der Waals surface area contributed by atoms with Crippen molar-refractivity contribution in [3.05, 3.63) is 34.1 Å². The van der Waals surface area contributed by atoms with Gasteiger partial charge >= 0.3 is 5.97 Å². The van der Waals surface area contributed by atoms with Crippen molar-refractivity contribution in [1.82, 2.24) is 4.98 Å². The lowest BCUT2D eigenvalue weighted by Gasteiger charge is -2.10. The summed E-state index contributed by atoms with van der Waals surface area (Å²) >= 11 is 0. The molecular formula is C10H12N2O4. The van der Waals surface area contributed by atoms with Gasteiger partial charge in [-0.25, -0.2) is 0 Å². The number of nitrogens with zero attached hydrogens (tertiary/aromatic N) is 2. The van der Waals surface area contributed by atoms with E-state index in [4.69, 9.17) is 5.11 Å². The van der Waals surface area contributed by atoms with Crippen LogP contribution in [0.5, 0.6) is 0 Å². The second kappa shape index (κ2) is 5.20. The van der Waals surface area contributed by atoms with Crippen LogP contribution < -0.4 is 0 Å². The molecule has 0 radical (unpaired) electrons. The molecule has 86 valence electrons. The smallest absolute Gasteiger partial charge is 0.312 e. The van der Waals surface area contributed by atoms with Crippen molar-refractivity contribution in [1.29, 1.82) is 0 Å². The Morgan fingerprint density at radius 2 is 2.38 bits per heavy atom. The number of carboxylic acid groups (broad SMARTS) is 1. The minimum Gasteiger partial charge on any atom is -0.481 e. The van der Waals surface area contributed by atoms with Gasteiger partial charge in [-0.15, -0.1) is 0 Å². The van der Waals surface area contributed by atoms with Gasteiger partial charge in [-0.3, -0.25) is 19.9 Å². The number of nitro groups is 1. The zero-order valence-corrected chi connectivity index (χ0v) is 8.79. The summed E-state index contributed by atoms with van der Waals surface area (Å²) in [5.74, 6) is -1.99. The van der Waals surface area contributed by atoms with Crippen LogP contribution in [-0.4, -0.2) is 21.0 Å². The summed E-state index contributed by atoms with van der Waals surface area (Å²) in [6.45, 7) is 1.82. The van der Waals surface area contributed by atoms with Crippen molar-refractivity contribution in [2.45, 2.75) is 25.7 Å². The molecular weight excluding hydrogens is 212 g/mol. The number of hydrogen-bond donors (Lipinski definition) is 1. The number of hydrogen-bond acceptors (Lipinski definition) is 4. The third-order valence-electron chi connectivity index (χ3n) is 2.22. The summed E-state index contributed by atoms with van der Waals surface area (Å²) in [5.41, 5.74) is -0.204. The number of aromatic nitrogens is 1. The second-order valence-electron chi connectivity index (χ2n) is 3.34. The van der Waals surface area contributed by atoms with E-state index in [1.165, 1.54) is 18.3 Å². The predicted octanol–water partition coefficient (Wildman–Crippen LogP) is 1.96. The minimum atomic E-state index is -1.08. The lowest BCUT2D eigenvalue weighted by atomic mass is 9.98. The van der Waals surface area contributed by atoms with Gasteiger partial charge in [-0.1, -0.05) is 13.3 Å². The molecule has 0 amide bonds. The molecule has 6 heteroatoms. The number of carboxylic acids is 1. The Kier molecular flexibility index (Phi) is 3.93. The monoisotopic (exact) mass is 224 g/mol. The molecule has 0 fully saturated rings. The van der Waals surface area contributed by atoms with Crippen molar-refractivity contribution < 1.29 is 14.8 Å². The van der Waals surface area contributed by atoms with Gasteiger partial charge < -0.3 is 5.11 Å². The van der Waals surface area contributed by atoms with Crippen molar-refractivity contribution in [3.63, 3.8) is 0 Å². The fraction of sp³-hybridized carbons (Fsp3) is 0.400. The van der Waals surface area contributed by atoms with Gasteiger partial charge in [0.2, 0.25) is 0 Å². The quantitative estimate of drug-likeness (QED) is 0.609. The maximum Gasteiger partial charge on any atom is 0.312 e. The largest absolute Gasteiger partial charge is 0.481 e. The fourth-order valence-electron chi connectivity index (χ4n) is 1.50. The second-order valence-corrected chi connectivity index (χ2v) is 3.34. The molecule has 0 aliphatic carbocycles. The molecule has 0 aliphatic rings. The Labute approximate surface area is 92.1 Å². The van der Waals surface area contributed by atoms with Crippen LogP contribution in [-0.2, 0) is 4.79 Å². The van der Waals surface area contributed by atoms with E-state index in [2.05, 4.69) is 4.98 Å². The predicted molar refractivity (Wildman–Crippen MR) is 56.2 cm³/mol. The van der Waals surface area contributed by atoms with Gasteiger partial charge in [-0.2, -0.15) is 0 Å². The molecule has 1 aromatic heterocycles. The summed E-state index contributed by atoms with van der Waals surface area (Å²) in [5, 5.41) is 19.7. The Morgan fingerprint density at radius 3 is 2.88 bits per heavy atom. The van der Waals surface area contributed by atoms with E-state index >= 15 is 0 Å². The van der Waals surface area contributed by atoms with Crippen LogP contribution in [0.3, 0.4) is 0 Å². The summed E-state index contributed by atoms with van der Waals surface area (Å²) in [6, 6.07) is 2.69. The van der Waals surface area contributed by atoms with E-state index < -0.39 is 16.8 Å². The number of pyridine rings is 1. The number of carbonyl (C=O) groups is 1. The zero-order chi connectivity index (χ0) is 12.1. The third kappa shape index (κ3) is 2.53. The van der Waals surface area contributed by atoms with Crippen molar-refractivity contribution in [2.75, 3.05) is 0 Å². The van der Waals surface area contributed by atoms with Crippen molar-refractivity contribution in [2.24, 2.45) is 0 Å². The molecule has 0 bridgehead atoms. The van der Waals surface area contributed by atoms with Gasteiger partial charge in [0.1, 0.15) is 11.6 Å². The molecule has 0 spiro atoms. The first-order chi connectivity index (χ1) is 7.57. The van der Waals surface area contributed by atoms with Crippen LogP contribution in [0.25, 0.3) is 0 Å². The van der Waals surface area contributed by atoms with Crippen LogP contribution in [0.1, 0.15) is 31.4 Å². The fourth-order valence-corrected chi connectivity index (χ4v) is 1.50. The molecule has 0 aliphatic heterocycles. The Balaban J connectivity index is 3.17. The topological polar surface area (TPSA) is 93.3 Å². The molecule has 16 heavy (non-hydrogen) atoms. The summed E-state index contributed by atoms with van der Waals surface area (Å²) in [6.07, 6.45) is 2.34. The van der Waals surface area contributed by atoms with Crippen LogP contribution in [0.4, 0.5) is 5.69 Å². The van der Waals surface area contributed by atoms with E-state index in [1.807, 2.05) is 6.92 Å². The molecule has 1 aromatic rings. The number of rotatable bonds is 5. The zero-order valence-electron chi connectivity index (χ0n) is 8.79. The van der Waals surface area contributed by atoms with Crippen LogP contribution in [0, 0.1) is 10.1 Å². The van der Waals surface area contributed by atoms with E-state index in [1.54, 1.807) is 0 Å². The Morgan fingerprint density at radius 1 is 1.69 bits per heavy atom. The van der Waals surface area contributed by atoms with Gasteiger partial charge in [-0.05, 0) is 12.5 Å². The van der Waals surface area contributed by atoms with Gasteiger partial charge in [0.25, 0.3) is 5.69 Å². The normalized spacial score (nSPS) is 12.1. The summed E-state index contributed by atoms with van der Waals surface area (Å²) < 4.78 is 0. The molecule has 0 aromatic carbocycles. The lowest BCUT2D eigenvalue weighted by molar-refractivity contribution is -0.386. The van der Waals surface area contributed by atoms with Crippen LogP contribution in [0.15, 0.2) is 18.3 Å². The summed E-state index contributed by atoms with van der Waals surface area (Å²) in [4.78, 5) is 24.9. The minimum absolute atomic E-state index is 0.0295. The lowest BCUT2D eigenvalue weighted by Crippen LogP contribution is -2.14. The Hall–Kier alpha value is -1.98. The van der Waals surface area contributed by atoms with Crippen molar-refractivity contribution in [3.8, 4) is 0 Å². The van der Waals surface area contributed by atoms with E-state index in [9.17, 15) is 14.9 Å². The average molecular weight is 224 g/mol. The van der Waals surface area contributed by atoms with Gasteiger partial charge in [0, 0.05) is 12.3 Å². The van der Waals surface area contributed by atoms with E-state index in [0.29, 0.717) is 12.8 Å². The molecule has 1 unspecified atom stereocenters. The maximum atomic E-state index is 11.0. The highest BCUT2D eigenvalue weighted by atomic mass is 16.6. The molecule has 1 N–H and O–H groups in total. The van der Waals surface area contributed by atoms with Gasteiger partial charge in [0.15, 0.2) is 0 Å². The number of aliphatic carboxylic acids is 1. The molecule has 6 nitrogen and oxygen atoms in total. The average Bonchev–Trinajstić information content (AvgIpc) is 2.25. The van der Waals surface area contributed by atoms with Crippen molar-refractivity contribution >= 4 is 11.7 Å². The maximum absolute atomic E-state index is 11.0. The SMILES string of the molecule is CCCC(C(=O)O)c1ncccc1[N+](=O)[O-]. The molecule has 0 saturated heterocycles. The Bertz CT molecular complexity index is 406.